The number of halogens is 1. The average Bonchev–Trinajstić information content (AvgIpc) is 2.40. The number of amides is 1. The van der Waals surface area contributed by atoms with Gasteiger partial charge >= 0.3 is 0 Å². The Bertz CT molecular complexity index is 567. The minimum Gasteiger partial charge on any atom is -0.267 e. The normalized spacial score (nSPS) is 10.5. The van der Waals surface area contributed by atoms with Crippen LogP contribution < -0.4 is 5.43 Å². The molecule has 2 aromatic rings. The van der Waals surface area contributed by atoms with E-state index in [1.807, 2.05) is 6.07 Å². The van der Waals surface area contributed by atoms with Crippen LogP contribution in [-0.4, -0.2) is 12.1 Å². The highest BCUT2D eigenvalue weighted by Crippen LogP contribution is 2.01. The number of hydrogen-bond acceptors (Lipinski definition) is 2. The van der Waals surface area contributed by atoms with Gasteiger partial charge in [-0.1, -0.05) is 30.3 Å². The number of nitrogens with one attached hydrogen (secondary N) is 1. The van der Waals surface area contributed by atoms with Crippen LogP contribution in [0.4, 0.5) is 4.39 Å². The van der Waals surface area contributed by atoms with Crippen molar-refractivity contribution in [2.75, 3.05) is 0 Å². The Morgan fingerprint density at radius 2 is 1.89 bits per heavy atom. The number of carbonyl (C=O) groups is 1. The molecule has 0 atom stereocenters. The molecule has 90 valence electrons. The van der Waals surface area contributed by atoms with Gasteiger partial charge in [-0.2, -0.15) is 5.10 Å². The lowest BCUT2D eigenvalue weighted by molar-refractivity contribution is 0.0955. The summed E-state index contributed by atoms with van der Waals surface area (Å²) >= 11 is 0. The molecule has 0 heterocycles. The summed E-state index contributed by atoms with van der Waals surface area (Å²) in [5.74, 6) is -0.642. The lowest BCUT2D eigenvalue weighted by atomic mass is 10.2. The van der Waals surface area contributed by atoms with Crippen molar-refractivity contribution in [1.82, 2.24) is 5.43 Å². The molecule has 0 radical (unpaired) electrons. The third kappa shape index (κ3) is 3.25. The van der Waals surface area contributed by atoms with Gasteiger partial charge in [0.1, 0.15) is 5.82 Å². The van der Waals surface area contributed by atoms with E-state index in [0.29, 0.717) is 11.1 Å². The second-order valence-electron chi connectivity index (χ2n) is 3.62. The van der Waals surface area contributed by atoms with Gasteiger partial charge in [0, 0.05) is 5.56 Å². The fraction of sp³-hybridized carbons (Fsp3) is 0. The summed E-state index contributed by atoms with van der Waals surface area (Å²) in [5, 5.41) is 3.77. The first-order valence-electron chi connectivity index (χ1n) is 5.40. The third-order valence-corrected chi connectivity index (χ3v) is 2.26. The zero-order valence-corrected chi connectivity index (χ0v) is 9.51. The van der Waals surface area contributed by atoms with Crippen molar-refractivity contribution in [2.24, 2.45) is 5.10 Å². The van der Waals surface area contributed by atoms with E-state index in [1.54, 1.807) is 36.4 Å². The van der Waals surface area contributed by atoms with Crippen molar-refractivity contribution < 1.29 is 9.18 Å². The molecule has 3 nitrogen and oxygen atoms in total. The van der Waals surface area contributed by atoms with Crippen LogP contribution in [0.3, 0.4) is 0 Å². The minimum absolute atomic E-state index is 0.303. The number of hydrogen-bond donors (Lipinski definition) is 1. The maximum atomic E-state index is 12.9. The van der Waals surface area contributed by atoms with Gasteiger partial charge in [-0.25, -0.2) is 9.82 Å². The van der Waals surface area contributed by atoms with Crippen molar-refractivity contribution in [1.29, 1.82) is 0 Å². The SMILES string of the molecule is O=C(NN=Cc1cccc(F)c1)c1ccccc1. The summed E-state index contributed by atoms with van der Waals surface area (Å²) < 4.78 is 12.9. The van der Waals surface area contributed by atoms with Crippen LogP contribution in [-0.2, 0) is 0 Å². The summed E-state index contributed by atoms with van der Waals surface area (Å²) in [6.45, 7) is 0. The van der Waals surface area contributed by atoms with E-state index in [2.05, 4.69) is 10.5 Å². The fourth-order valence-electron chi connectivity index (χ4n) is 1.41. The second kappa shape index (κ2) is 5.72. The highest BCUT2D eigenvalue weighted by molar-refractivity contribution is 5.94. The van der Waals surface area contributed by atoms with Crippen molar-refractivity contribution in [2.45, 2.75) is 0 Å². The van der Waals surface area contributed by atoms with Crippen LogP contribution >= 0.6 is 0 Å². The Balaban J connectivity index is 1.98. The lowest BCUT2D eigenvalue weighted by Crippen LogP contribution is -2.17. The second-order valence-corrected chi connectivity index (χ2v) is 3.62. The molecular formula is C14H11FN2O. The number of carbonyl (C=O) groups excluding carboxylic acids is 1. The Hall–Kier alpha value is -2.49. The van der Waals surface area contributed by atoms with Crippen LogP contribution in [0.1, 0.15) is 15.9 Å². The Morgan fingerprint density at radius 1 is 1.11 bits per heavy atom. The molecule has 2 rings (SSSR count). The van der Waals surface area contributed by atoms with Gasteiger partial charge in [0.25, 0.3) is 5.91 Å². The number of nitrogens with zero attached hydrogens (tertiary/aromatic N) is 1. The summed E-state index contributed by atoms with van der Waals surface area (Å²) in [5.41, 5.74) is 3.48. The van der Waals surface area contributed by atoms with Gasteiger partial charge in [-0.15, -0.1) is 0 Å². The number of rotatable bonds is 3. The molecule has 0 fully saturated rings. The molecule has 0 unspecified atom stereocenters. The van der Waals surface area contributed by atoms with Crippen LogP contribution in [0.25, 0.3) is 0 Å². The standard InChI is InChI=1S/C14H11FN2O/c15-13-8-4-5-11(9-13)10-16-17-14(18)12-6-2-1-3-7-12/h1-10H,(H,17,18). The van der Waals surface area contributed by atoms with Gasteiger partial charge in [0.15, 0.2) is 0 Å². The van der Waals surface area contributed by atoms with Gasteiger partial charge < -0.3 is 0 Å². The van der Waals surface area contributed by atoms with E-state index in [9.17, 15) is 9.18 Å². The molecule has 0 bridgehead atoms. The molecule has 0 saturated heterocycles. The monoisotopic (exact) mass is 242 g/mol. The summed E-state index contributed by atoms with van der Waals surface area (Å²) in [6, 6.07) is 14.7. The lowest BCUT2D eigenvalue weighted by Gasteiger charge is -1.98. The van der Waals surface area contributed by atoms with E-state index in [-0.39, 0.29) is 11.7 Å². The van der Waals surface area contributed by atoms with Crippen molar-refractivity contribution in [3.8, 4) is 0 Å². The summed E-state index contributed by atoms with van der Waals surface area (Å²) in [4.78, 5) is 11.6. The maximum Gasteiger partial charge on any atom is 0.271 e. The number of benzene rings is 2. The van der Waals surface area contributed by atoms with E-state index in [4.69, 9.17) is 0 Å². The molecule has 1 amide bonds. The van der Waals surface area contributed by atoms with E-state index in [1.165, 1.54) is 18.3 Å². The molecule has 4 heteroatoms. The molecule has 0 saturated carbocycles. The van der Waals surface area contributed by atoms with Gasteiger partial charge in [-0.05, 0) is 29.8 Å². The Morgan fingerprint density at radius 3 is 2.61 bits per heavy atom. The molecule has 0 aliphatic heterocycles. The van der Waals surface area contributed by atoms with E-state index < -0.39 is 0 Å². The zero-order chi connectivity index (χ0) is 12.8. The minimum atomic E-state index is -0.340. The molecule has 18 heavy (non-hydrogen) atoms. The Labute approximate surface area is 104 Å². The van der Waals surface area contributed by atoms with Gasteiger partial charge in [0.05, 0.1) is 6.21 Å². The first-order valence-corrected chi connectivity index (χ1v) is 5.40. The predicted octanol–water partition coefficient (Wildman–Crippen LogP) is 2.59. The first-order chi connectivity index (χ1) is 8.75. The van der Waals surface area contributed by atoms with Crippen molar-refractivity contribution in [3.05, 3.63) is 71.5 Å². The fourth-order valence-corrected chi connectivity index (χ4v) is 1.41. The van der Waals surface area contributed by atoms with Crippen molar-refractivity contribution in [3.63, 3.8) is 0 Å². The highest BCUT2D eigenvalue weighted by atomic mass is 19.1. The number of hydrazone groups is 1. The Kier molecular flexibility index (Phi) is 3.81. The first kappa shape index (κ1) is 12.0. The van der Waals surface area contributed by atoms with Crippen LogP contribution in [0.5, 0.6) is 0 Å². The highest BCUT2D eigenvalue weighted by Gasteiger charge is 2.01. The average molecular weight is 242 g/mol. The largest absolute Gasteiger partial charge is 0.271 e. The van der Waals surface area contributed by atoms with Crippen LogP contribution in [0, 0.1) is 5.82 Å². The zero-order valence-electron chi connectivity index (χ0n) is 9.51. The van der Waals surface area contributed by atoms with Crippen molar-refractivity contribution >= 4 is 12.1 Å². The quantitative estimate of drug-likeness (QED) is 0.652. The van der Waals surface area contributed by atoms with Gasteiger partial charge in [-0.3, -0.25) is 4.79 Å². The molecular weight excluding hydrogens is 231 g/mol. The third-order valence-electron chi connectivity index (χ3n) is 2.26. The summed E-state index contributed by atoms with van der Waals surface area (Å²) in [6.07, 6.45) is 1.39. The van der Waals surface area contributed by atoms with E-state index >= 15 is 0 Å². The van der Waals surface area contributed by atoms with Gasteiger partial charge in [0.2, 0.25) is 0 Å². The molecule has 2 aromatic carbocycles. The molecule has 0 aliphatic rings. The van der Waals surface area contributed by atoms with Crippen LogP contribution in [0.15, 0.2) is 59.7 Å². The van der Waals surface area contributed by atoms with E-state index in [0.717, 1.165) is 0 Å². The topological polar surface area (TPSA) is 41.5 Å². The molecule has 0 aliphatic carbocycles. The molecule has 0 spiro atoms. The summed E-state index contributed by atoms with van der Waals surface area (Å²) in [7, 11) is 0. The molecule has 1 N–H and O–H groups in total. The predicted molar refractivity (Wildman–Crippen MR) is 67.9 cm³/mol. The van der Waals surface area contributed by atoms with Crippen LogP contribution in [0.2, 0.25) is 0 Å². The maximum absolute atomic E-state index is 12.9. The molecule has 0 aromatic heterocycles. The smallest absolute Gasteiger partial charge is 0.267 e.